The first kappa shape index (κ1) is 15.5. The average molecular weight is 303 g/mol. The van der Waals surface area contributed by atoms with E-state index in [2.05, 4.69) is 24.3 Å². The minimum absolute atomic E-state index is 0.279. The largest absolute Gasteiger partial charge is 0.347 e. The van der Waals surface area contributed by atoms with Gasteiger partial charge in [0, 0.05) is 32.4 Å². The maximum absolute atomic E-state index is 12.3. The van der Waals surface area contributed by atoms with Gasteiger partial charge >= 0.3 is 0 Å². The van der Waals surface area contributed by atoms with Crippen LogP contribution in [0.25, 0.3) is 0 Å². The summed E-state index contributed by atoms with van der Waals surface area (Å²) in [6, 6.07) is 10.5. The van der Waals surface area contributed by atoms with Gasteiger partial charge in [0.2, 0.25) is 5.91 Å². The molecule has 1 spiro atoms. The van der Waals surface area contributed by atoms with Gasteiger partial charge in [-0.2, -0.15) is 0 Å². The number of nitrogens with zero attached hydrogens (tertiary/aromatic N) is 1. The molecule has 4 heteroatoms. The Balaban J connectivity index is 1.34. The number of carbonyl (C=O) groups excluding carboxylic acids is 1. The van der Waals surface area contributed by atoms with Crippen LogP contribution in [-0.2, 0) is 20.7 Å². The summed E-state index contributed by atoms with van der Waals surface area (Å²) in [5.74, 6) is -0.106. The third kappa shape index (κ3) is 3.87. The van der Waals surface area contributed by atoms with Gasteiger partial charge in [0.05, 0.1) is 13.2 Å². The van der Waals surface area contributed by atoms with Gasteiger partial charge in [0.1, 0.15) is 0 Å². The van der Waals surface area contributed by atoms with Gasteiger partial charge in [-0.15, -0.1) is 0 Å². The van der Waals surface area contributed by atoms with E-state index in [0.717, 1.165) is 45.2 Å². The van der Waals surface area contributed by atoms with Crippen LogP contribution in [0.5, 0.6) is 0 Å². The highest BCUT2D eigenvalue weighted by molar-refractivity contribution is 5.76. The summed E-state index contributed by atoms with van der Waals surface area (Å²) in [6.07, 6.45) is 5.36. The molecule has 1 aromatic carbocycles. The molecule has 2 saturated heterocycles. The minimum Gasteiger partial charge on any atom is -0.347 e. The number of aryl methyl sites for hydroxylation is 1. The molecule has 0 atom stereocenters. The van der Waals surface area contributed by atoms with E-state index in [-0.39, 0.29) is 11.7 Å². The van der Waals surface area contributed by atoms with Gasteiger partial charge in [-0.3, -0.25) is 4.79 Å². The van der Waals surface area contributed by atoms with Crippen molar-refractivity contribution in [3.63, 3.8) is 0 Å². The number of piperidine rings is 1. The summed E-state index contributed by atoms with van der Waals surface area (Å²) in [5.41, 5.74) is 1.35. The molecular weight excluding hydrogens is 278 g/mol. The van der Waals surface area contributed by atoms with Gasteiger partial charge < -0.3 is 14.4 Å². The highest BCUT2D eigenvalue weighted by atomic mass is 16.7. The number of unbranched alkanes of at least 4 members (excludes halogenated alkanes) is 1. The lowest BCUT2D eigenvalue weighted by atomic mass is 10.0. The Bertz CT molecular complexity index is 472. The van der Waals surface area contributed by atoms with Crippen LogP contribution in [0.2, 0.25) is 0 Å². The van der Waals surface area contributed by atoms with Crippen LogP contribution in [0.4, 0.5) is 0 Å². The molecule has 3 rings (SSSR count). The maximum atomic E-state index is 12.3. The molecule has 2 aliphatic heterocycles. The zero-order valence-corrected chi connectivity index (χ0v) is 13.1. The molecule has 2 fully saturated rings. The van der Waals surface area contributed by atoms with E-state index in [0.29, 0.717) is 19.6 Å². The van der Waals surface area contributed by atoms with Crippen molar-refractivity contribution in [3.05, 3.63) is 35.9 Å². The Morgan fingerprint density at radius 3 is 2.41 bits per heavy atom. The van der Waals surface area contributed by atoms with E-state index in [1.165, 1.54) is 5.56 Å². The second kappa shape index (κ2) is 7.25. The summed E-state index contributed by atoms with van der Waals surface area (Å²) in [7, 11) is 0. The molecule has 4 nitrogen and oxygen atoms in total. The minimum atomic E-state index is -0.385. The van der Waals surface area contributed by atoms with Gasteiger partial charge in [0.25, 0.3) is 0 Å². The quantitative estimate of drug-likeness (QED) is 0.785. The molecule has 2 heterocycles. The first-order valence-corrected chi connectivity index (χ1v) is 8.37. The Morgan fingerprint density at radius 2 is 1.73 bits per heavy atom. The van der Waals surface area contributed by atoms with Crippen LogP contribution < -0.4 is 0 Å². The number of likely N-dealkylation sites (tertiary alicyclic amines) is 1. The summed E-state index contributed by atoms with van der Waals surface area (Å²) < 4.78 is 11.4. The second-order valence-corrected chi connectivity index (χ2v) is 6.18. The second-order valence-electron chi connectivity index (χ2n) is 6.18. The number of hydrogen-bond acceptors (Lipinski definition) is 3. The molecule has 0 saturated carbocycles. The zero-order valence-electron chi connectivity index (χ0n) is 13.1. The third-order valence-electron chi connectivity index (χ3n) is 4.64. The van der Waals surface area contributed by atoms with Gasteiger partial charge in [-0.05, 0) is 24.8 Å². The fourth-order valence-corrected chi connectivity index (χ4v) is 3.29. The third-order valence-corrected chi connectivity index (χ3v) is 4.64. The topological polar surface area (TPSA) is 38.8 Å². The first-order chi connectivity index (χ1) is 10.8. The lowest BCUT2D eigenvalue weighted by molar-refractivity contribution is -0.187. The predicted molar refractivity (Wildman–Crippen MR) is 84.4 cm³/mol. The van der Waals surface area contributed by atoms with Crippen LogP contribution in [-0.4, -0.2) is 42.9 Å². The van der Waals surface area contributed by atoms with Crippen molar-refractivity contribution < 1.29 is 14.3 Å². The summed E-state index contributed by atoms with van der Waals surface area (Å²) in [5, 5.41) is 0. The van der Waals surface area contributed by atoms with Crippen molar-refractivity contribution in [1.29, 1.82) is 0 Å². The molecule has 0 unspecified atom stereocenters. The van der Waals surface area contributed by atoms with Crippen LogP contribution in [0.3, 0.4) is 0 Å². The van der Waals surface area contributed by atoms with Crippen molar-refractivity contribution in [1.82, 2.24) is 4.90 Å². The SMILES string of the molecule is O=C(CCCCc1ccccc1)N1CCC2(CC1)OCCO2. The van der Waals surface area contributed by atoms with E-state index in [9.17, 15) is 4.79 Å². The predicted octanol–water partition coefficient (Wildman–Crippen LogP) is 2.76. The van der Waals surface area contributed by atoms with Crippen LogP contribution >= 0.6 is 0 Å². The number of ether oxygens (including phenoxy) is 2. The number of hydrogen-bond donors (Lipinski definition) is 0. The molecule has 1 amide bonds. The van der Waals surface area contributed by atoms with E-state index in [4.69, 9.17) is 9.47 Å². The molecule has 120 valence electrons. The van der Waals surface area contributed by atoms with Crippen molar-refractivity contribution >= 4 is 5.91 Å². The normalized spacial score (nSPS) is 20.5. The molecule has 0 radical (unpaired) electrons. The van der Waals surface area contributed by atoms with Crippen molar-refractivity contribution in [3.8, 4) is 0 Å². The Kier molecular flexibility index (Phi) is 5.11. The van der Waals surface area contributed by atoms with Crippen LogP contribution in [0.1, 0.15) is 37.7 Å². The van der Waals surface area contributed by atoms with Crippen molar-refractivity contribution in [2.45, 2.75) is 44.3 Å². The molecule has 0 aromatic heterocycles. The van der Waals surface area contributed by atoms with Crippen LogP contribution in [0, 0.1) is 0 Å². The molecule has 0 bridgehead atoms. The fourth-order valence-electron chi connectivity index (χ4n) is 3.29. The number of rotatable bonds is 5. The summed E-state index contributed by atoms with van der Waals surface area (Å²) in [4.78, 5) is 14.2. The van der Waals surface area contributed by atoms with Gasteiger partial charge in [-0.1, -0.05) is 30.3 Å². The Labute approximate surface area is 132 Å². The molecule has 1 aromatic rings. The Morgan fingerprint density at radius 1 is 1.05 bits per heavy atom. The number of benzene rings is 1. The number of carbonyl (C=O) groups is 1. The highest BCUT2D eigenvalue weighted by Crippen LogP contribution is 2.31. The first-order valence-electron chi connectivity index (χ1n) is 8.37. The maximum Gasteiger partial charge on any atom is 0.222 e. The molecule has 0 N–H and O–H groups in total. The Hall–Kier alpha value is -1.39. The zero-order chi connectivity index (χ0) is 15.3. The summed E-state index contributed by atoms with van der Waals surface area (Å²) >= 11 is 0. The highest BCUT2D eigenvalue weighted by Gasteiger charge is 2.40. The van der Waals surface area contributed by atoms with Crippen molar-refractivity contribution in [2.24, 2.45) is 0 Å². The van der Waals surface area contributed by atoms with E-state index < -0.39 is 0 Å². The standard InChI is InChI=1S/C18H25NO3/c20-17(9-5-4-8-16-6-2-1-3-7-16)19-12-10-18(11-13-19)21-14-15-22-18/h1-3,6-7H,4-5,8-15H2. The van der Waals surface area contributed by atoms with Gasteiger partial charge in [0.15, 0.2) is 5.79 Å². The monoisotopic (exact) mass is 303 g/mol. The van der Waals surface area contributed by atoms with E-state index in [1.807, 2.05) is 11.0 Å². The molecule has 0 aliphatic carbocycles. The van der Waals surface area contributed by atoms with Crippen LogP contribution in [0.15, 0.2) is 30.3 Å². The van der Waals surface area contributed by atoms with Gasteiger partial charge in [-0.25, -0.2) is 0 Å². The van der Waals surface area contributed by atoms with Crippen molar-refractivity contribution in [2.75, 3.05) is 26.3 Å². The average Bonchev–Trinajstić information content (AvgIpc) is 3.01. The molecule has 22 heavy (non-hydrogen) atoms. The number of amides is 1. The van der Waals surface area contributed by atoms with E-state index in [1.54, 1.807) is 0 Å². The smallest absolute Gasteiger partial charge is 0.222 e. The summed E-state index contributed by atoms with van der Waals surface area (Å²) in [6.45, 7) is 2.90. The molecular formula is C18H25NO3. The van der Waals surface area contributed by atoms with E-state index >= 15 is 0 Å². The lowest BCUT2D eigenvalue weighted by Gasteiger charge is -2.37. The fraction of sp³-hybridized carbons (Fsp3) is 0.611. The molecule has 2 aliphatic rings. The lowest BCUT2D eigenvalue weighted by Crippen LogP contribution is -2.47.